The lowest BCUT2D eigenvalue weighted by Gasteiger charge is -2.07. The Morgan fingerprint density at radius 3 is 2.87 bits per heavy atom. The minimum atomic E-state index is -0.204. The van der Waals surface area contributed by atoms with Crippen molar-refractivity contribution in [3.8, 4) is 11.3 Å². The normalized spacial score (nSPS) is 11.1. The van der Waals surface area contributed by atoms with Crippen LogP contribution < -0.4 is 5.32 Å². The quantitative estimate of drug-likeness (QED) is 0.332. The number of H-pyrrole nitrogens is 1. The number of nitrogens with one attached hydrogen (secondary N) is 2. The highest BCUT2D eigenvalue weighted by Crippen LogP contribution is 2.32. The second-order valence-corrected chi connectivity index (χ2v) is 8.64. The van der Waals surface area contributed by atoms with E-state index in [1.165, 1.54) is 23.1 Å². The molecule has 0 aliphatic rings. The lowest BCUT2D eigenvalue weighted by molar-refractivity contribution is 0.102. The van der Waals surface area contributed by atoms with E-state index in [4.69, 9.17) is 4.52 Å². The van der Waals surface area contributed by atoms with E-state index in [1.54, 1.807) is 13.0 Å². The molecule has 0 radical (unpaired) electrons. The number of para-hydroxylation sites is 1. The smallest absolute Gasteiger partial charge is 0.258 e. The second kappa shape index (κ2) is 8.37. The molecular formula is C22H17N5O2S2. The van der Waals surface area contributed by atoms with Gasteiger partial charge in [-0.2, -0.15) is 4.98 Å². The average molecular weight is 448 g/mol. The monoisotopic (exact) mass is 447 g/mol. The van der Waals surface area contributed by atoms with E-state index in [0.29, 0.717) is 28.2 Å². The molecule has 0 spiro atoms. The lowest BCUT2D eigenvalue weighted by atomic mass is 10.1. The van der Waals surface area contributed by atoms with Crippen LogP contribution in [0, 0.1) is 6.92 Å². The Balaban J connectivity index is 1.33. The largest absolute Gasteiger partial charge is 0.360 e. The van der Waals surface area contributed by atoms with Crippen molar-refractivity contribution in [1.29, 1.82) is 0 Å². The van der Waals surface area contributed by atoms with Gasteiger partial charge < -0.3 is 9.51 Å². The van der Waals surface area contributed by atoms with E-state index in [2.05, 4.69) is 31.5 Å². The number of thioether (sulfide) groups is 1. The van der Waals surface area contributed by atoms with Gasteiger partial charge in [-0.25, -0.2) is 4.98 Å². The third-order valence-corrected chi connectivity index (χ3v) is 6.46. The fraction of sp³-hybridized carbons (Fsp3) is 0.0909. The summed E-state index contributed by atoms with van der Waals surface area (Å²) in [6, 6.07) is 15.5. The number of rotatable bonds is 6. The molecule has 31 heavy (non-hydrogen) atoms. The van der Waals surface area contributed by atoms with Gasteiger partial charge in [-0.05, 0) is 25.1 Å². The van der Waals surface area contributed by atoms with Crippen LogP contribution in [0.25, 0.3) is 22.2 Å². The van der Waals surface area contributed by atoms with Gasteiger partial charge in [0.05, 0.1) is 17.0 Å². The van der Waals surface area contributed by atoms with Crippen LogP contribution >= 0.6 is 23.1 Å². The number of thiazole rings is 1. The van der Waals surface area contributed by atoms with Crippen molar-refractivity contribution in [2.45, 2.75) is 17.6 Å². The predicted octanol–water partition coefficient (Wildman–Crippen LogP) is 5.53. The van der Waals surface area contributed by atoms with Gasteiger partial charge in [0, 0.05) is 32.9 Å². The second-order valence-electron chi connectivity index (χ2n) is 6.76. The molecule has 5 aromatic rings. The number of hydrogen-bond donors (Lipinski definition) is 2. The molecule has 0 unspecified atom stereocenters. The van der Waals surface area contributed by atoms with Crippen LogP contribution in [0.5, 0.6) is 0 Å². The summed E-state index contributed by atoms with van der Waals surface area (Å²) >= 11 is 2.88. The molecule has 7 nitrogen and oxygen atoms in total. The molecule has 0 atom stereocenters. The van der Waals surface area contributed by atoms with Crippen LogP contribution in [0.3, 0.4) is 0 Å². The Labute approximate surface area is 185 Å². The standard InChI is InChI=1S/C22H17N5O2S2/c1-13-24-20(29-27-13)12-30-19-9-5-3-7-15(19)21(28)26-22-25-18(11-31-22)16-10-23-17-8-4-2-6-14(16)17/h2-11,23H,12H2,1H3,(H,25,26,28). The van der Waals surface area contributed by atoms with E-state index in [-0.39, 0.29) is 5.91 Å². The number of benzene rings is 2. The average Bonchev–Trinajstić information content (AvgIpc) is 3.52. The lowest BCUT2D eigenvalue weighted by Crippen LogP contribution is -2.12. The van der Waals surface area contributed by atoms with Crippen molar-refractivity contribution in [2.24, 2.45) is 0 Å². The maximum atomic E-state index is 12.9. The van der Waals surface area contributed by atoms with E-state index < -0.39 is 0 Å². The zero-order valence-electron chi connectivity index (χ0n) is 16.5. The van der Waals surface area contributed by atoms with Gasteiger partial charge in [0.1, 0.15) is 0 Å². The first-order chi connectivity index (χ1) is 15.2. The molecule has 0 saturated carbocycles. The number of fused-ring (bicyclic) bond motifs is 1. The highest BCUT2D eigenvalue weighted by molar-refractivity contribution is 7.98. The molecule has 9 heteroatoms. The number of aromatic amines is 1. The summed E-state index contributed by atoms with van der Waals surface area (Å²) in [6.07, 6.45) is 1.94. The third kappa shape index (κ3) is 4.10. The van der Waals surface area contributed by atoms with Crippen LogP contribution in [0.1, 0.15) is 22.1 Å². The van der Waals surface area contributed by atoms with Crippen molar-refractivity contribution in [3.63, 3.8) is 0 Å². The Morgan fingerprint density at radius 1 is 1.16 bits per heavy atom. The summed E-state index contributed by atoms with van der Waals surface area (Å²) < 4.78 is 5.16. The first-order valence-corrected chi connectivity index (χ1v) is 11.4. The molecule has 2 aromatic carbocycles. The van der Waals surface area contributed by atoms with E-state index in [0.717, 1.165) is 27.1 Å². The molecule has 0 aliphatic heterocycles. The summed E-state index contributed by atoms with van der Waals surface area (Å²) in [5.74, 6) is 1.41. The topological polar surface area (TPSA) is 96.7 Å². The van der Waals surface area contributed by atoms with Gasteiger partial charge in [-0.15, -0.1) is 23.1 Å². The summed E-state index contributed by atoms with van der Waals surface area (Å²) in [4.78, 5) is 25.9. The van der Waals surface area contributed by atoms with Crippen LogP contribution in [0.4, 0.5) is 5.13 Å². The highest BCUT2D eigenvalue weighted by Gasteiger charge is 2.16. The number of amides is 1. The number of carbonyl (C=O) groups excluding carboxylic acids is 1. The van der Waals surface area contributed by atoms with Crippen molar-refractivity contribution < 1.29 is 9.32 Å². The van der Waals surface area contributed by atoms with Gasteiger partial charge in [-0.3, -0.25) is 10.1 Å². The van der Waals surface area contributed by atoms with Crippen molar-refractivity contribution >= 4 is 45.0 Å². The Hall–Kier alpha value is -3.43. The fourth-order valence-corrected chi connectivity index (χ4v) is 4.81. The molecule has 1 amide bonds. The predicted molar refractivity (Wildman–Crippen MR) is 122 cm³/mol. The number of carbonyl (C=O) groups is 1. The van der Waals surface area contributed by atoms with E-state index in [1.807, 2.05) is 48.0 Å². The zero-order valence-corrected chi connectivity index (χ0v) is 18.1. The van der Waals surface area contributed by atoms with Crippen LogP contribution in [0.2, 0.25) is 0 Å². The van der Waals surface area contributed by atoms with Crippen molar-refractivity contribution in [1.82, 2.24) is 20.1 Å². The van der Waals surface area contributed by atoms with E-state index >= 15 is 0 Å². The molecule has 0 saturated heterocycles. The zero-order chi connectivity index (χ0) is 21.2. The SMILES string of the molecule is Cc1noc(CSc2ccccc2C(=O)Nc2nc(-c3c[nH]c4ccccc34)cs2)n1. The number of nitrogens with zero attached hydrogens (tertiary/aromatic N) is 3. The van der Waals surface area contributed by atoms with Crippen molar-refractivity contribution in [3.05, 3.63) is 77.4 Å². The highest BCUT2D eigenvalue weighted by atomic mass is 32.2. The van der Waals surface area contributed by atoms with Gasteiger partial charge >= 0.3 is 0 Å². The molecule has 2 N–H and O–H groups in total. The number of aromatic nitrogens is 4. The summed E-state index contributed by atoms with van der Waals surface area (Å²) in [5, 5.41) is 10.3. The van der Waals surface area contributed by atoms with Crippen LogP contribution in [-0.4, -0.2) is 26.0 Å². The minimum absolute atomic E-state index is 0.204. The molecule has 3 aromatic heterocycles. The van der Waals surface area contributed by atoms with Crippen LogP contribution in [-0.2, 0) is 5.75 Å². The Bertz CT molecular complexity index is 1370. The number of aryl methyl sites for hydroxylation is 1. The molecule has 5 rings (SSSR count). The molecule has 0 aliphatic carbocycles. The fourth-order valence-electron chi connectivity index (χ4n) is 3.22. The Kier molecular flexibility index (Phi) is 5.27. The molecular weight excluding hydrogens is 430 g/mol. The van der Waals surface area contributed by atoms with E-state index in [9.17, 15) is 4.79 Å². The summed E-state index contributed by atoms with van der Waals surface area (Å²) in [5.41, 5.74) is 3.47. The van der Waals surface area contributed by atoms with Gasteiger partial charge in [0.25, 0.3) is 5.91 Å². The van der Waals surface area contributed by atoms with Crippen molar-refractivity contribution in [2.75, 3.05) is 5.32 Å². The number of anilines is 1. The maximum Gasteiger partial charge on any atom is 0.258 e. The molecule has 0 bridgehead atoms. The summed E-state index contributed by atoms with van der Waals surface area (Å²) in [6.45, 7) is 1.78. The first-order valence-electron chi connectivity index (χ1n) is 9.52. The van der Waals surface area contributed by atoms with Gasteiger partial charge in [0.2, 0.25) is 5.89 Å². The number of hydrogen-bond acceptors (Lipinski definition) is 7. The van der Waals surface area contributed by atoms with Crippen LogP contribution in [0.15, 0.2) is 69.5 Å². The maximum absolute atomic E-state index is 12.9. The van der Waals surface area contributed by atoms with Gasteiger partial charge in [-0.1, -0.05) is 35.5 Å². The Morgan fingerprint density at radius 2 is 2.00 bits per heavy atom. The first kappa shape index (κ1) is 19.5. The molecule has 154 valence electrons. The third-order valence-electron chi connectivity index (χ3n) is 4.64. The molecule has 0 fully saturated rings. The minimum Gasteiger partial charge on any atom is -0.360 e. The molecule has 3 heterocycles. The van der Waals surface area contributed by atoms with Gasteiger partial charge in [0.15, 0.2) is 11.0 Å². The summed E-state index contributed by atoms with van der Waals surface area (Å²) in [7, 11) is 0.